The third-order valence-electron chi connectivity index (χ3n) is 5.02. The van der Waals surface area contributed by atoms with Crippen LogP contribution in [0.2, 0.25) is 0 Å². The Kier molecular flexibility index (Phi) is 4.63. The Bertz CT molecular complexity index is 1010. The van der Waals surface area contributed by atoms with Gasteiger partial charge >= 0.3 is 0 Å². The summed E-state index contributed by atoms with van der Waals surface area (Å²) < 4.78 is 5.56. The Morgan fingerprint density at radius 3 is 2.44 bits per heavy atom. The molecule has 1 N–H and O–H groups in total. The van der Waals surface area contributed by atoms with Crippen molar-refractivity contribution in [2.24, 2.45) is 0 Å². The number of hydrogen-bond acceptors (Lipinski definition) is 3. The summed E-state index contributed by atoms with van der Waals surface area (Å²) >= 11 is 0. The number of aryl methyl sites for hydroxylation is 2. The van der Waals surface area contributed by atoms with Crippen LogP contribution in [0, 0.1) is 0 Å². The number of anilines is 1. The quantitative estimate of drug-likeness (QED) is 0.657. The van der Waals surface area contributed by atoms with Crippen molar-refractivity contribution in [2.75, 3.05) is 11.9 Å². The minimum atomic E-state index is -0.206. The predicted molar refractivity (Wildman–Crippen MR) is 107 cm³/mol. The molecule has 0 bridgehead atoms. The van der Waals surface area contributed by atoms with Gasteiger partial charge in [0.15, 0.2) is 12.4 Å². The van der Waals surface area contributed by atoms with Crippen molar-refractivity contribution < 1.29 is 14.3 Å². The van der Waals surface area contributed by atoms with E-state index >= 15 is 0 Å². The van der Waals surface area contributed by atoms with E-state index in [1.807, 2.05) is 25.1 Å². The number of carbonyl (C=O) groups excluding carboxylic acids is 2. The zero-order valence-electron chi connectivity index (χ0n) is 15.2. The first-order chi connectivity index (χ1) is 13.2. The van der Waals surface area contributed by atoms with Gasteiger partial charge in [-0.2, -0.15) is 0 Å². The molecule has 0 saturated heterocycles. The number of hydrogen-bond donors (Lipinski definition) is 1. The molecule has 1 aliphatic rings. The largest absolute Gasteiger partial charge is 0.484 e. The molecule has 27 heavy (non-hydrogen) atoms. The zero-order valence-corrected chi connectivity index (χ0v) is 15.2. The molecule has 4 nitrogen and oxygen atoms in total. The van der Waals surface area contributed by atoms with Crippen LogP contribution in [0.3, 0.4) is 0 Å². The smallest absolute Gasteiger partial charge is 0.262 e. The number of benzene rings is 3. The molecule has 136 valence electrons. The monoisotopic (exact) mass is 359 g/mol. The van der Waals surface area contributed by atoms with E-state index in [9.17, 15) is 9.59 Å². The van der Waals surface area contributed by atoms with Crippen LogP contribution >= 0.6 is 0 Å². The summed E-state index contributed by atoms with van der Waals surface area (Å²) in [7, 11) is 0. The number of ether oxygens (including phenoxy) is 1. The topological polar surface area (TPSA) is 55.4 Å². The van der Waals surface area contributed by atoms with E-state index in [-0.39, 0.29) is 18.3 Å². The molecule has 0 aromatic heterocycles. The molecular weight excluding hydrogens is 338 g/mol. The minimum absolute atomic E-state index is 0.0794. The summed E-state index contributed by atoms with van der Waals surface area (Å²) in [6, 6.07) is 17.2. The average Bonchev–Trinajstić information content (AvgIpc) is 3.13. The lowest BCUT2D eigenvalue weighted by Gasteiger charge is -2.11. The van der Waals surface area contributed by atoms with Crippen molar-refractivity contribution in [2.45, 2.75) is 26.2 Å². The molecule has 0 radical (unpaired) electrons. The molecule has 4 heteroatoms. The molecule has 4 rings (SSSR count). The van der Waals surface area contributed by atoms with Gasteiger partial charge in [0.1, 0.15) is 5.75 Å². The third-order valence-corrected chi connectivity index (χ3v) is 5.02. The Morgan fingerprint density at radius 2 is 1.70 bits per heavy atom. The third kappa shape index (κ3) is 3.43. The molecule has 0 heterocycles. The number of ketones is 1. The predicted octanol–water partition coefficient (Wildman–Crippen LogP) is 4.55. The number of amides is 1. The Hall–Kier alpha value is -3.14. The van der Waals surface area contributed by atoms with Gasteiger partial charge in [-0.15, -0.1) is 0 Å². The standard InChI is InChI=1S/C23H21NO3/c1-2-21(25)15-8-11-18(12-9-15)27-14-22(26)24-20-13-10-17-7-6-16-4-3-5-19(20)23(16)17/h3-5,8-13H,2,6-7,14H2,1H3,(H,24,26). The highest BCUT2D eigenvalue weighted by Crippen LogP contribution is 2.34. The maximum absolute atomic E-state index is 12.3. The average molecular weight is 359 g/mol. The Labute approximate surface area is 158 Å². The summed E-state index contributed by atoms with van der Waals surface area (Å²) in [4.78, 5) is 24.0. The van der Waals surface area contributed by atoms with Crippen molar-refractivity contribution in [3.8, 4) is 5.75 Å². The summed E-state index contributed by atoms with van der Waals surface area (Å²) in [5.74, 6) is 0.451. The van der Waals surface area contributed by atoms with E-state index < -0.39 is 0 Å². The summed E-state index contributed by atoms with van der Waals surface area (Å²) in [5.41, 5.74) is 4.16. The van der Waals surface area contributed by atoms with Gasteiger partial charge in [-0.1, -0.05) is 31.2 Å². The molecule has 0 unspecified atom stereocenters. The van der Waals surface area contributed by atoms with Crippen molar-refractivity contribution in [3.05, 3.63) is 71.3 Å². The van der Waals surface area contributed by atoms with E-state index in [4.69, 9.17) is 4.74 Å². The van der Waals surface area contributed by atoms with Crippen LogP contribution in [0.5, 0.6) is 5.75 Å². The zero-order chi connectivity index (χ0) is 18.8. The van der Waals surface area contributed by atoms with Crippen LogP contribution in [0.25, 0.3) is 10.8 Å². The maximum Gasteiger partial charge on any atom is 0.262 e. The van der Waals surface area contributed by atoms with Crippen molar-refractivity contribution in [1.82, 2.24) is 0 Å². The molecular formula is C23H21NO3. The lowest BCUT2D eigenvalue weighted by atomic mass is 10.0. The van der Waals surface area contributed by atoms with Gasteiger partial charge in [-0.25, -0.2) is 0 Å². The Morgan fingerprint density at radius 1 is 0.963 bits per heavy atom. The van der Waals surface area contributed by atoms with Crippen LogP contribution in [-0.2, 0) is 17.6 Å². The molecule has 0 saturated carbocycles. The highest BCUT2D eigenvalue weighted by atomic mass is 16.5. The lowest BCUT2D eigenvalue weighted by Crippen LogP contribution is -2.20. The SMILES string of the molecule is CCC(=O)c1ccc(OCC(=O)Nc2ccc3c4c(cccc24)CC3)cc1. The van der Waals surface area contributed by atoms with E-state index in [0.29, 0.717) is 17.7 Å². The first kappa shape index (κ1) is 17.3. The fourth-order valence-corrected chi connectivity index (χ4v) is 3.63. The molecule has 0 fully saturated rings. The second-order valence-electron chi connectivity index (χ2n) is 6.75. The molecule has 3 aromatic carbocycles. The van der Waals surface area contributed by atoms with Crippen molar-refractivity contribution in [3.63, 3.8) is 0 Å². The van der Waals surface area contributed by atoms with Gasteiger partial charge < -0.3 is 10.1 Å². The number of rotatable bonds is 6. The number of nitrogens with one attached hydrogen (secondary N) is 1. The van der Waals surface area contributed by atoms with Gasteiger partial charge in [-0.3, -0.25) is 9.59 Å². The molecule has 0 spiro atoms. The summed E-state index contributed by atoms with van der Waals surface area (Å²) in [5, 5.41) is 5.31. The van der Waals surface area contributed by atoms with Crippen molar-refractivity contribution in [1.29, 1.82) is 0 Å². The Balaban J connectivity index is 1.43. The van der Waals surface area contributed by atoms with Gasteiger partial charge in [0.25, 0.3) is 5.91 Å². The second-order valence-corrected chi connectivity index (χ2v) is 6.75. The van der Waals surface area contributed by atoms with E-state index in [1.165, 1.54) is 16.5 Å². The van der Waals surface area contributed by atoms with Gasteiger partial charge in [0, 0.05) is 23.1 Å². The van der Waals surface area contributed by atoms with Gasteiger partial charge in [-0.05, 0) is 59.7 Å². The second kappa shape index (κ2) is 7.23. The first-order valence-electron chi connectivity index (χ1n) is 9.25. The minimum Gasteiger partial charge on any atom is -0.484 e. The fraction of sp³-hybridized carbons (Fsp3) is 0.217. The van der Waals surface area contributed by atoms with Crippen LogP contribution in [-0.4, -0.2) is 18.3 Å². The number of Topliss-reactive ketones (excluding diaryl/α,β-unsaturated/α-hetero) is 1. The lowest BCUT2D eigenvalue weighted by molar-refractivity contribution is -0.118. The van der Waals surface area contributed by atoms with Crippen molar-refractivity contribution >= 4 is 28.2 Å². The van der Waals surface area contributed by atoms with Gasteiger partial charge in [0.2, 0.25) is 0 Å². The normalized spacial score (nSPS) is 12.2. The number of carbonyl (C=O) groups is 2. The highest BCUT2D eigenvalue weighted by molar-refractivity contribution is 6.05. The van der Waals surface area contributed by atoms with E-state index in [0.717, 1.165) is 23.9 Å². The van der Waals surface area contributed by atoms with E-state index in [1.54, 1.807) is 24.3 Å². The fourth-order valence-electron chi connectivity index (χ4n) is 3.63. The summed E-state index contributed by atoms with van der Waals surface area (Å²) in [6.07, 6.45) is 2.59. The summed E-state index contributed by atoms with van der Waals surface area (Å²) in [6.45, 7) is 1.75. The molecule has 0 aliphatic heterocycles. The van der Waals surface area contributed by atoms with Crippen LogP contribution < -0.4 is 10.1 Å². The maximum atomic E-state index is 12.3. The molecule has 1 aliphatic carbocycles. The highest BCUT2D eigenvalue weighted by Gasteiger charge is 2.16. The molecule has 1 amide bonds. The van der Waals surface area contributed by atoms with Crippen LogP contribution in [0.4, 0.5) is 5.69 Å². The van der Waals surface area contributed by atoms with Crippen LogP contribution in [0.1, 0.15) is 34.8 Å². The molecule has 3 aromatic rings. The first-order valence-corrected chi connectivity index (χ1v) is 9.25. The van der Waals surface area contributed by atoms with Crippen LogP contribution in [0.15, 0.2) is 54.6 Å². The van der Waals surface area contributed by atoms with Gasteiger partial charge in [0.05, 0.1) is 0 Å². The molecule has 0 atom stereocenters. The van der Waals surface area contributed by atoms with E-state index in [2.05, 4.69) is 17.4 Å².